The van der Waals surface area contributed by atoms with E-state index < -0.39 is 6.04 Å². The third-order valence-electron chi connectivity index (χ3n) is 7.60. The number of thiazole rings is 1. The van der Waals surface area contributed by atoms with E-state index in [0.29, 0.717) is 28.6 Å². The highest BCUT2D eigenvalue weighted by Crippen LogP contribution is 2.31. The summed E-state index contributed by atoms with van der Waals surface area (Å²) in [6.45, 7) is 6.50. The van der Waals surface area contributed by atoms with E-state index in [-0.39, 0.29) is 30.3 Å². The number of fused-ring (bicyclic) bond motifs is 2. The van der Waals surface area contributed by atoms with Crippen LogP contribution in [0.2, 0.25) is 0 Å². The van der Waals surface area contributed by atoms with Crippen molar-refractivity contribution in [3.05, 3.63) is 76.2 Å². The number of aromatic nitrogens is 3. The molecule has 2 aliphatic rings. The van der Waals surface area contributed by atoms with Crippen molar-refractivity contribution in [2.75, 3.05) is 44.7 Å². The first-order valence-corrected chi connectivity index (χ1v) is 14.5. The lowest BCUT2D eigenvalue weighted by molar-refractivity contribution is -0.134. The molecule has 2 aromatic carbocycles. The van der Waals surface area contributed by atoms with Crippen molar-refractivity contribution in [3.63, 3.8) is 0 Å². The molecule has 0 saturated carbocycles. The van der Waals surface area contributed by atoms with Gasteiger partial charge in [0.1, 0.15) is 6.54 Å². The molecule has 6 rings (SSSR count). The Bertz CT molecular complexity index is 1550. The first-order chi connectivity index (χ1) is 19.5. The van der Waals surface area contributed by atoms with Crippen LogP contribution in [0.15, 0.2) is 59.4 Å². The number of hydrogen-bond donors (Lipinski definition) is 1. The maximum atomic E-state index is 14.1. The smallest absolute Gasteiger partial charge is 0.279 e. The molecule has 1 N–H and O–H groups in total. The van der Waals surface area contributed by atoms with Gasteiger partial charge in [0.25, 0.3) is 5.56 Å². The number of benzene rings is 2. The van der Waals surface area contributed by atoms with Crippen LogP contribution in [0.1, 0.15) is 30.6 Å². The number of para-hydroxylation sites is 2. The second-order valence-electron chi connectivity index (χ2n) is 10.2. The van der Waals surface area contributed by atoms with Crippen LogP contribution in [0.5, 0.6) is 0 Å². The molecule has 4 heterocycles. The van der Waals surface area contributed by atoms with Gasteiger partial charge in [-0.05, 0) is 37.6 Å². The van der Waals surface area contributed by atoms with E-state index in [4.69, 9.17) is 9.72 Å². The van der Waals surface area contributed by atoms with Crippen LogP contribution in [-0.2, 0) is 27.3 Å². The summed E-state index contributed by atoms with van der Waals surface area (Å²) in [5, 5.41) is 3.38. The summed E-state index contributed by atoms with van der Waals surface area (Å²) in [5.74, 6) is -0.326. The van der Waals surface area contributed by atoms with Gasteiger partial charge >= 0.3 is 0 Å². The normalized spacial score (nSPS) is 17.8. The summed E-state index contributed by atoms with van der Waals surface area (Å²) in [6, 6.07) is 16.5. The minimum Gasteiger partial charge on any atom is -0.379 e. The van der Waals surface area contributed by atoms with E-state index in [9.17, 15) is 14.4 Å². The fourth-order valence-corrected chi connectivity index (χ4v) is 6.58. The molecule has 1 saturated heterocycles. The predicted octanol–water partition coefficient (Wildman–Crippen LogP) is 3.06. The number of nitrogens with one attached hydrogen (secondary N) is 1. The molecule has 0 bridgehead atoms. The standard InChI is InChI=1S/C29H32N6O4S/c1-20-27-23(18-26(37)33(20)13-7-12-32-14-16-39-17-15-32)34(19-25(36)30-21-8-3-2-4-9-21)35(28(27)38)29-31-22-10-5-6-11-24(22)40-29/h2-6,8-11,20H,7,12-19H2,1H3,(H,30,36). The average Bonchev–Trinajstić information content (AvgIpc) is 3.49. The number of morpholine rings is 1. The number of rotatable bonds is 8. The first-order valence-electron chi connectivity index (χ1n) is 13.6. The van der Waals surface area contributed by atoms with Crippen LogP contribution in [0.25, 0.3) is 15.3 Å². The number of carbonyl (C=O) groups is 2. The van der Waals surface area contributed by atoms with Gasteiger partial charge in [0.2, 0.25) is 16.9 Å². The molecule has 10 nitrogen and oxygen atoms in total. The van der Waals surface area contributed by atoms with Gasteiger partial charge < -0.3 is 15.0 Å². The van der Waals surface area contributed by atoms with Crippen LogP contribution in [0.4, 0.5) is 5.69 Å². The zero-order chi connectivity index (χ0) is 27.6. The quantitative estimate of drug-likeness (QED) is 0.356. The molecular formula is C29H32N6O4S. The van der Waals surface area contributed by atoms with E-state index in [1.807, 2.05) is 61.5 Å². The summed E-state index contributed by atoms with van der Waals surface area (Å²) in [5.41, 5.74) is 2.34. The SMILES string of the molecule is CC1c2c(n(CC(=O)Nc3ccccc3)n(-c3nc4ccccc4s3)c2=O)CC(=O)N1CCCN1CCOCC1. The highest BCUT2D eigenvalue weighted by molar-refractivity contribution is 7.20. The molecule has 2 aliphatic heterocycles. The van der Waals surface area contributed by atoms with Crippen LogP contribution in [0.3, 0.4) is 0 Å². The fourth-order valence-electron chi connectivity index (χ4n) is 5.60. The molecule has 0 spiro atoms. The lowest BCUT2D eigenvalue weighted by atomic mass is 9.99. The zero-order valence-electron chi connectivity index (χ0n) is 22.4. The van der Waals surface area contributed by atoms with Crippen LogP contribution >= 0.6 is 11.3 Å². The van der Waals surface area contributed by atoms with Crippen molar-refractivity contribution in [3.8, 4) is 5.13 Å². The molecule has 11 heteroatoms. The van der Waals surface area contributed by atoms with Gasteiger partial charge in [-0.25, -0.2) is 4.98 Å². The number of carbonyl (C=O) groups excluding carboxylic acids is 2. The van der Waals surface area contributed by atoms with E-state index in [1.54, 1.807) is 9.58 Å². The van der Waals surface area contributed by atoms with Crippen molar-refractivity contribution in [1.82, 2.24) is 24.1 Å². The van der Waals surface area contributed by atoms with E-state index >= 15 is 0 Å². The Labute approximate surface area is 235 Å². The Morgan fingerprint density at radius 3 is 2.58 bits per heavy atom. The van der Waals surface area contributed by atoms with Gasteiger partial charge in [0.15, 0.2) is 0 Å². The Morgan fingerprint density at radius 2 is 1.80 bits per heavy atom. The summed E-state index contributed by atoms with van der Waals surface area (Å²) in [6.07, 6.45) is 0.876. The lowest BCUT2D eigenvalue weighted by Crippen LogP contribution is -2.43. The van der Waals surface area contributed by atoms with Crippen LogP contribution in [0, 0.1) is 0 Å². The number of amides is 2. The predicted molar refractivity (Wildman–Crippen MR) is 154 cm³/mol. The largest absolute Gasteiger partial charge is 0.379 e. The monoisotopic (exact) mass is 560 g/mol. The summed E-state index contributed by atoms with van der Waals surface area (Å²) < 4.78 is 9.51. The average molecular weight is 561 g/mol. The van der Waals surface area contributed by atoms with E-state index in [1.165, 1.54) is 16.0 Å². The maximum Gasteiger partial charge on any atom is 0.279 e. The molecule has 1 fully saturated rings. The van der Waals surface area contributed by atoms with Crippen molar-refractivity contribution in [1.29, 1.82) is 0 Å². The van der Waals surface area contributed by atoms with Gasteiger partial charge in [-0.1, -0.05) is 41.7 Å². The number of hydrogen-bond acceptors (Lipinski definition) is 7. The highest BCUT2D eigenvalue weighted by atomic mass is 32.1. The molecule has 2 aromatic heterocycles. The van der Waals surface area contributed by atoms with Crippen LogP contribution in [-0.4, -0.2) is 75.4 Å². The summed E-state index contributed by atoms with van der Waals surface area (Å²) in [7, 11) is 0. The van der Waals surface area contributed by atoms with E-state index in [2.05, 4.69) is 10.2 Å². The van der Waals surface area contributed by atoms with Gasteiger partial charge in [0.05, 0.1) is 47.2 Å². The fraction of sp³-hybridized carbons (Fsp3) is 0.379. The highest BCUT2D eigenvalue weighted by Gasteiger charge is 2.37. The third-order valence-corrected chi connectivity index (χ3v) is 8.61. The molecule has 208 valence electrons. The summed E-state index contributed by atoms with van der Waals surface area (Å²) in [4.78, 5) is 49.5. The van der Waals surface area contributed by atoms with Crippen molar-refractivity contribution in [2.24, 2.45) is 0 Å². The topological polar surface area (TPSA) is 102 Å². The Kier molecular flexibility index (Phi) is 7.50. The first kappa shape index (κ1) is 26.4. The van der Waals surface area contributed by atoms with Crippen molar-refractivity contribution >= 4 is 39.1 Å². The molecule has 40 heavy (non-hydrogen) atoms. The summed E-state index contributed by atoms with van der Waals surface area (Å²) >= 11 is 1.39. The Hall–Kier alpha value is -3.80. The van der Waals surface area contributed by atoms with E-state index in [0.717, 1.165) is 49.5 Å². The third kappa shape index (κ3) is 5.19. The number of nitrogens with zero attached hydrogens (tertiary/aromatic N) is 5. The molecule has 4 aromatic rings. The molecule has 1 unspecified atom stereocenters. The van der Waals surface area contributed by atoms with Crippen LogP contribution < -0.4 is 10.9 Å². The van der Waals surface area contributed by atoms with Gasteiger partial charge in [-0.15, -0.1) is 0 Å². The molecule has 0 radical (unpaired) electrons. The minimum atomic E-state index is -0.410. The van der Waals surface area contributed by atoms with Crippen molar-refractivity contribution in [2.45, 2.75) is 32.4 Å². The zero-order valence-corrected chi connectivity index (χ0v) is 23.2. The van der Waals surface area contributed by atoms with Gasteiger partial charge in [0, 0.05) is 31.9 Å². The lowest BCUT2D eigenvalue weighted by Gasteiger charge is -2.34. The van der Waals surface area contributed by atoms with Gasteiger partial charge in [-0.2, -0.15) is 4.68 Å². The second kappa shape index (κ2) is 11.4. The molecule has 1 atom stereocenters. The molecule has 0 aliphatic carbocycles. The van der Waals surface area contributed by atoms with Crippen molar-refractivity contribution < 1.29 is 14.3 Å². The van der Waals surface area contributed by atoms with Gasteiger partial charge in [-0.3, -0.25) is 24.0 Å². The minimum absolute atomic E-state index is 0.0411. The Morgan fingerprint density at radius 1 is 1.05 bits per heavy atom. The number of ether oxygens (including phenoxy) is 1. The second-order valence-corrected chi connectivity index (χ2v) is 11.2. The molecular weight excluding hydrogens is 528 g/mol. The Balaban J connectivity index is 1.33. The maximum absolute atomic E-state index is 14.1. The number of anilines is 1. The molecule has 2 amide bonds.